The average Bonchev–Trinajstić information content (AvgIpc) is 3.22. The molecule has 27 heavy (non-hydrogen) atoms. The fourth-order valence-electron chi connectivity index (χ4n) is 2.96. The second-order valence-corrected chi connectivity index (χ2v) is 7.98. The molecule has 1 aliphatic rings. The van der Waals surface area contributed by atoms with Crippen molar-refractivity contribution in [2.45, 2.75) is 18.6 Å². The van der Waals surface area contributed by atoms with Crippen LogP contribution in [0.25, 0.3) is 11.3 Å². The van der Waals surface area contributed by atoms with E-state index in [1.807, 2.05) is 34.9 Å². The number of amides is 1. The number of nitriles is 1. The smallest absolute Gasteiger partial charge is 0.258 e. The van der Waals surface area contributed by atoms with E-state index >= 15 is 0 Å². The molecule has 0 aliphatic carbocycles. The van der Waals surface area contributed by atoms with Gasteiger partial charge in [-0.2, -0.15) is 5.26 Å². The number of carbonyl (C=O) groups excluding carboxylic acids is 1. The van der Waals surface area contributed by atoms with Crippen molar-refractivity contribution in [1.29, 1.82) is 5.26 Å². The summed E-state index contributed by atoms with van der Waals surface area (Å²) in [4.78, 5) is 21.6. The molecule has 0 spiro atoms. The monoisotopic (exact) mass is 439 g/mol. The van der Waals surface area contributed by atoms with Crippen LogP contribution in [0.1, 0.15) is 21.7 Å². The second kappa shape index (κ2) is 7.18. The number of aromatic nitrogens is 3. The molecule has 2 aromatic heterocycles. The Hall–Kier alpha value is -2.63. The summed E-state index contributed by atoms with van der Waals surface area (Å²) in [6.45, 7) is 2.53. The molecule has 0 atom stereocenters. The number of nitrogens with zero attached hydrogens (tertiary/aromatic N) is 4. The highest BCUT2D eigenvalue weighted by atomic mass is 79.9. The van der Waals surface area contributed by atoms with Crippen LogP contribution in [0.5, 0.6) is 0 Å². The number of pyridine rings is 1. The van der Waals surface area contributed by atoms with Crippen molar-refractivity contribution < 1.29 is 4.79 Å². The molecule has 1 amide bonds. The maximum absolute atomic E-state index is 12.7. The maximum atomic E-state index is 12.7. The minimum absolute atomic E-state index is 0.306. The van der Waals surface area contributed by atoms with Crippen LogP contribution in [0.4, 0.5) is 5.82 Å². The Bertz CT molecular complexity index is 1100. The first-order valence-electron chi connectivity index (χ1n) is 8.25. The van der Waals surface area contributed by atoms with Crippen LogP contribution in [0.15, 0.2) is 46.0 Å². The van der Waals surface area contributed by atoms with Crippen LogP contribution in [-0.2, 0) is 6.54 Å². The van der Waals surface area contributed by atoms with Gasteiger partial charge >= 0.3 is 0 Å². The third-order valence-corrected chi connectivity index (χ3v) is 5.72. The molecular formula is C19H14BrN5OS. The van der Waals surface area contributed by atoms with Gasteiger partial charge in [-0.3, -0.25) is 9.78 Å². The van der Waals surface area contributed by atoms with Crippen molar-refractivity contribution in [2.75, 3.05) is 11.1 Å². The molecule has 1 N–H and O–H groups in total. The van der Waals surface area contributed by atoms with Crippen molar-refractivity contribution in [2.24, 2.45) is 0 Å². The number of aryl methyl sites for hydroxylation is 1. The average molecular weight is 440 g/mol. The number of hydrogen-bond acceptors (Lipinski definition) is 5. The van der Waals surface area contributed by atoms with Gasteiger partial charge in [0.05, 0.1) is 17.0 Å². The lowest BCUT2D eigenvalue weighted by Gasteiger charge is -2.08. The van der Waals surface area contributed by atoms with Gasteiger partial charge < -0.3 is 9.88 Å². The predicted octanol–water partition coefficient (Wildman–Crippen LogP) is 4.25. The summed E-state index contributed by atoms with van der Waals surface area (Å²) in [6, 6.07) is 13.5. The van der Waals surface area contributed by atoms with Crippen molar-refractivity contribution in [1.82, 2.24) is 14.5 Å². The molecule has 0 saturated heterocycles. The molecule has 3 aromatic rings. The van der Waals surface area contributed by atoms with E-state index in [0.717, 1.165) is 33.2 Å². The number of thioether (sulfide) groups is 1. The summed E-state index contributed by atoms with van der Waals surface area (Å²) in [5.41, 5.74) is 3.22. The largest absolute Gasteiger partial charge is 0.308 e. The highest BCUT2D eigenvalue weighted by Crippen LogP contribution is 2.30. The Labute approximate surface area is 168 Å². The van der Waals surface area contributed by atoms with Crippen molar-refractivity contribution in [3.05, 3.63) is 57.8 Å². The third-order valence-electron chi connectivity index (χ3n) is 4.27. The fourth-order valence-corrected chi connectivity index (χ4v) is 4.31. The van der Waals surface area contributed by atoms with E-state index in [9.17, 15) is 10.1 Å². The van der Waals surface area contributed by atoms with E-state index < -0.39 is 0 Å². The number of rotatable bonds is 3. The molecule has 6 nitrogen and oxygen atoms in total. The zero-order valence-electron chi connectivity index (χ0n) is 14.4. The first kappa shape index (κ1) is 17.8. The Morgan fingerprint density at radius 1 is 1.33 bits per heavy atom. The maximum Gasteiger partial charge on any atom is 0.258 e. The lowest BCUT2D eigenvalue weighted by Crippen LogP contribution is -2.15. The standard InChI is InChI=1S/C19H14BrN5OS/c1-11-14(5-6-15(22-11)12-3-2-4-13(20)9-12)18(26)23-17-16(10-21)25-7-8-27-19(25)24-17/h2-6,9H,7-8H2,1H3,(H,23,26). The lowest BCUT2D eigenvalue weighted by atomic mass is 10.1. The summed E-state index contributed by atoms with van der Waals surface area (Å²) < 4.78 is 2.80. The van der Waals surface area contributed by atoms with Crippen LogP contribution in [-0.4, -0.2) is 26.2 Å². The molecular weight excluding hydrogens is 426 g/mol. The van der Waals surface area contributed by atoms with E-state index in [0.29, 0.717) is 22.8 Å². The molecule has 0 fully saturated rings. The van der Waals surface area contributed by atoms with Gasteiger partial charge in [-0.05, 0) is 31.2 Å². The Kier molecular flexibility index (Phi) is 4.72. The summed E-state index contributed by atoms with van der Waals surface area (Å²) in [5.74, 6) is 0.880. The molecule has 1 aromatic carbocycles. The van der Waals surface area contributed by atoms with Gasteiger partial charge in [-0.25, -0.2) is 4.98 Å². The Balaban J connectivity index is 1.61. The number of benzene rings is 1. The number of fused-ring (bicyclic) bond motifs is 1. The highest BCUT2D eigenvalue weighted by molar-refractivity contribution is 9.10. The van der Waals surface area contributed by atoms with Gasteiger partial charge in [0.15, 0.2) is 16.7 Å². The summed E-state index contributed by atoms with van der Waals surface area (Å²) in [7, 11) is 0. The van der Waals surface area contributed by atoms with E-state index in [4.69, 9.17) is 0 Å². The number of nitrogens with one attached hydrogen (secondary N) is 1. The molecule has 134 valence electrons. The minimum Gasteiger partial charge on any atom is -0.308 e. The molecule has 0 saturated carbocycles. The number of anilines is 1. The molecule has 0 unspecified atom stereocenters. The zero-order chi connectivity index (χ0) is 19.0. The normalized spacial score (nSPS) is 12.5. The molecule has 0 bridgehead atoms. The second-order valence-electron chi connectivity index (χ2n) is 6.00. The highest BCUT2D eigenvalue weighted by Gasteiger charge is 2.23. The first-order valence-corrected chi connectivity index (χ1v) is 10.0. The van der Waals surface area contributed by atoms with Crippen LogP contribution in [0.3, 0.4) is 0 Å². The number of imidazole rings is 1. The summed E-state index contributed by atoms with van der Waals surface area (Å²) >= 11 is 5.03. The van der Waals surface area contributed by atoms with E-state index in [1.54, 1.807) is 24.8 Å². The minimum atomic E-state index is -0.320. The summed E-state index contributed by atoms with van der Waals surface area (Å²) in [6.07, 6.45) is 0. The molecule has 3 heterocycles. The zero-order valence-corrected chi connectivity index (χ0v) is 16.8. The van der Waals surface area contributed by atoms with Crippen LogP contribution in [0, 0.1) is 18.3 Å². The van der Waals surface area contributed by atoms with Gasteiger partial charge in [0.1, 0.15) is 6.07 Å². The number of carbonyl (C=O) groups is 1. The Morgan fingerprint density at radius 3 is 2.93 bits per heavy atom. The molecule has 4 rings (SSSR count). The fraction of sp³-hybridized carbons (Fsp3) is 0.158. The van der Waals surface area contributed by atoms with E-state index in [2.05, 4.69) is 37.3 Å². The molecule has 0 radical (unpaired) electrons. The SMILES string of the molecule is Cc1nc(-c2cccc(Br)c2)ccc1C(=O)Nc1nc2n(c1C#N)CCS2. The van der Waals surface area contributed by atoms with Crippen molar-refractivity contribution >= 4 is 39.4 Å². The van der Waals surface area contributed by atoms with Gasteiger partial charge in [0.25, 0.3) is 5.91 Å². The summed E-state index contributed by atoms with van der Waals surface area (Å²) in [5, 5.41) is 12.9. The Morgan fingerprint density at radius 2 is 2.19 bits per heavy atom. The van der Waals surface area contributed by atoms with Gasteiger partial charge in [0.2, 0.25) is 0 Å². The van der Waals surface area contributed by atoms with Crippen LogP contribution >= 0.6 is 27.7 Å². The molecule has 8 heteroatoms. The van der Waals surface area contributed by atoms with Gasteiger partial charge in [-0.1, -0.05) is 39.8 Å². The number of hydrogen-bond donors (Lipinski definition) is 1. The lowest BCUT2D eigenvalue weighted by molar-refractivity contribution is 0.102. The predicted molar refractivity (Wildman–Crippen MR) is 108 cm³/mol. The van der Waals surface area contributed by atoms with Crippen molar-refractivity contribution in [3.63, 3.8) is 0 Å². The molecule has 1 aliphatic heterocycles. The number of halogens is 1. The van der Waals surface area contributed by atoms with Gasteiger partial charge in [0, 0.05) is 22.3 Å². The van der Waals surface area contributed by atoms with Gasteiger partial charge in [-0.15, -0.1) is 0 Å². The van der Waals surface area contributed by atoms with E-state index in [1.165, 1.54) is 0 Å². The quantitative estimate of drug-likeness (QED) is 0.659. The van der Waals surface area contributed by atoms with E-state index in [-0.39, 0.29) is 5.91 Å². The van der Waals surface area contributed by atoms with Crippen LogP contribution < -0.4 is 5.32 Å². The first-order chi connectivity index (χ1) is 13.1. The van der Waals surface area contributed by atoms with Crippen molar-refractivity contribution in [3.8, 4) is 17.3 Å². The van der Waals surface area contributed by atoms with Crippen LogP contribution in [0.2, 0.25) is 0 Å². The third kappa shape index (κ3) is 3.36. The topological polar surface area (TPSA) is 83.6 Å².